The third-order valence-electron chi connectivity index (χ3n) is 4.79. The van der Waals surface area contributed by atoms with Crippen LogP contribution in [0.4, 0.5) is 5.69 Å². The number of carbonyl (C=O) groups is 1. The minimum Gasteiger partial charge on any atom is -0.325 e. The second-order valence-electron chi connectivity index (χ2n) is 7.09. The molecule has 0 aromatic heterocycles. The topological polar surface area (TPSA) is 29.1 Å². The van der Waals surface area contributed by atoms with E-state index in [1.807, 2.05) is 19.9 Å². The first-order valence-electron chi connectivity index (χ1n) is 6.83. The van der Waals surface area contributed by atoms with Gasteiger partial charge < -0.3 is 5.32 Å². The quantitative estimate of drug-likeness (QED) is 0.804. The van der Waals surface area contributed by atoms with Crippen LogP contribution in [0.25, 0.3) is 0 Å². The molecule has 0 bridgehead atoms. The van der Waals surface area contributed by atoms with E-state index in [-0.39, 0.29) is 5.91 Å². The summed E-state index contributed by atoms with van der Waals surface area (Å²) in [7, 11) is 0. The Labute approximate surface area is 123 Å². The van der Waals surface area contributed by atoms with Gasteiger partial charge in [-0.25, -0.2) is 0 Å². The summed E-state index contributed by atoms with van der Waals surface area (Å²) >= 11 is 3.84. The lowest BCUT2D eigenvalue weighted by Crippen LogP contribution is -2.26. The fourth-order valence-electron chi connectivity index (χ4n) is 3.00. The molecule has 2 aliphatic rings. The number of benzene rings is 1. The van der Waals surface area contributed by atoms with Crippen molar-refractivity contribution in [3.8, 4) is 0 Å². The van der Waals surface area contributed by atoms with Crippen molar-refractivity contribution in [1.82, 2.24) is 0 Å². The van der Waals surface area contributed by atoms with Crippen LogP contribution >= 0.6 is 15.9 Å². The number of carbonyl (C=O) groups excluding carboxylic acids is 1. The molecule has 3 heteroatoms. The van der Waals surface area contributed by atoms with Crippen molar-refractivity contribution in [2.75, 3.05) is 5.32 Å². The average Bonchev–Trinajstić information content (AvgIpc) is 2.90. The Balaban J connectivity index is 1.95. The molecule has 19 heavy (non-hydrogen) atoms. The lowest BCUT2D eigenvalue weighted by molar-refractivity contribution is -0.119. The molecule has 1 fully saturated rings. The smallest absolute Gasteiger partial charge is 0.234 e. The molecule has 0 radical (unpaired) electrons. The van der Waals surface area contributed by atoms with Gasteiger partial charge in [0.05, 0.1) is 5.41 Å². The minimum absolute atomic E-state index is 0.0949. The number of hydrogen-bond donors (Lipinski definition) is 1. The Morgan fingerprint density at radius 3 is 2.53 bits per heavy atom. The molecule has 2 unspecified atom stereocenters. The highest BCUT2D eigenvalue weighted by molar-refractivity contribution is 9.09. The minimum atomic E-state index is -0.420. The van der Waals surface area contributed by atoms with E-state index in [0.717, 1.165) is 11.3 Å². The van der Waals surface area contributed by atoms with Crippen LogP contribution in [0.2, 0.25) is 0 Å². The van der Waals surface area contributed by atoms with E-state index in [0.29, 0.717) is 16.2 Å². The summed E-state index contributed by atoms with van der Waals surface area (Å²) in [5, 5.41) is 2.96. The van der Waals surface area contributed by atoms with Gasteiger partial charge in [-0.3, -0.25) is 4.79 Å². The standard InChI is InChI=1S/C16H20BrNO/c1-15(2)8-11(15)13(17)9-5-6-12-10(7-9)16(3,4)14(19)18-12/h5-7,11,13H,8H2,1-4H3,(H,18,19). The first kappa shape index (κ1) is 13.2. The number of nitrogens with one attached hydrogen (secondary N) is 1. The van der Waals surface area contributed by atoms with Gasteiger partial charge in [0, 0.05) is 10.5 Å². The van der Waals surface area contributed by atoms with Gasteiger partial charge in [-0.1, -0.05) is 41.9 Å². The molecule has 1 aromatic rings. The predicted molar refractivity (Wildman–Crippen MR) is 81.7 cm³/mol. The molecule has 1 amide bonds. The molecule has 0 spiro atoms. The zero-order valence-electron chi connectivity index (χ0n) is 11.9. The monoisotopic (exact) mass is 321 g/mol. The van der Waals surface area contributed by atoms with Gasteiger partial charge in [0.2, 0.25) is 5.91 Å². The molecule has 0 saturated heterocycles. The Morgan fingerprint density at radius 1 is 1.32 bits per heavy atom. The number of fused-ring (bicyclic) bond motifs is 1. The molecule has 1 aliphatic heterocycles. The zero-order valence-corrected chi connectivity index (χ0v) is 13.5. The Kier molecular flexibility index (Phi) is 2.66. The maximum absolute atomic E-state index is 12.0. The highest BCUT2D eigenvalue weighted by atomic mass is 79.9. The Hall–Kier alpha value is -0.830. The van der Waals surface area contributed by atoms with Gasteiger partial charge in [0.15, 0.2) is 0 Å². The lowest BCUT2D eigenvalue weighted by Gasteiger charge is -2.18. The molecular formula is C16H20BrNO. The molecule has 1 aliphatic carbocycles. The number of amides is 1. The van der Waals surface area contributed by atoms with Crippen LogP contribution in [-0.2, 0) is 10.2 Å². The van der Waals surface area contributed by atoms with Gasteiger partial charge in [0.1, 0.15) is 0 Å². The molecule has 2 atom stereocenters. The van der Waals surface area contributed by atoms with Gasteiger partial charge in [0.25, 0.3) is 0 Å². The van der Waals surface area contributed by atoms with Crippen LogP contribution in [0.15, 0.2) is 18.2 Å². The summed E-state index contributed by atoms with van der Waals surface area (Å²) in [6, 6.07) is 6.37. The molecule has 102 valence electrons. The molecule has 2 nitrogen and oxygen atoms in total. The molecule has 1 saturated carbocycles. The summed E-state index contributed by atoms with van der Waals surface area (Å²) in [5.74, 6) is 0.788. The predicted octanol–water partition coefficient (Wildman–Crippen LogP) is 4.40. The normalized spacial score (nSPS) is 27.6. The number of rotatable bonds is 2. The Morgan fingerprint density at radius 2 is 1.95 bits per heavy atom. The molecule has 3 rings (SSSR count). The second kappa shape index (κ2) is 3.85. The summed E-state index contributed by atoms with van der Waals surface area (Å²) in [4.78, 5) is 12.3. The second-order valence-corrected chi connectivity index (χ2v) is 8.07. The SMILES string of the molecule is CC1(C)C(=O)Nc2ccc(C(Br)C3CC3(C)C)cc21. The number of anilines is 1. The first-order valence-corrected chi connectivity index (χ1v) is 7.75. The first-order chi connectivity index (χ1) is 8.73. The van der Waals surface area contributed by atoms with Crippen molar-refractivity contribution in [3.05, 3.63) is 29.3 Å². The van der Waals surface area contributed by atoms with E-state index in [1.54, 1.807) is 0 Å². The van der Waals surface area contributed by atoms with Crippen molar-refractivity contribution in [2.24, 2.45) is 11.3 Å². The van der Waals surface area contributed by atoms with E-state index in [1.165, 1.54) is 12.0 Å². The van der Waals surface area contributed by atoms with Gasteiger partial charge in [-0.05, 0) is 48.8 Å². The summed E-state index contributed by atoms with van der Waals surface area (Å²) < 4.78 is 0. The van der Waals surface area contributed by atoms with E-state index in [9.17, 15) is 4.79 Å². The largest absolute Gasteiger partial charge is 0.325 e. The van der Waals surface area contributed by atoms with E-state index >= 15 is 0 Å². The van der Waals surface area contributed by atoms with E-state index in [4.69, 9.17) is 0 Å². The maximum Gasteiger partial charge on any atom is 0.234 e. The van der Waals surface area contributed by atoms with Crippen LogP contribution in [0.5, 0.6) is 0 Å². The van der Waals surface area contributed by atoms with Crippen LogP contribution in [0.1, 0.15) is 50.1 Å². The van der Waals surface area contributed by atoms with Gasteiger partial charge in [-0.2, -0.15) is 0 Å². The van der Waals surface area contributed by atoms with Gasteiger partial charge >= 0.3 is 0 Å². The number of halogens is 1. The molecule has 1 N–H and O–H groups in total. The highest BCUT2D eigenvalue weighted by Crippen LogP contribution is 2.60. The fourth-order valence-corrected chi connectivity index (χ4v) is 4.19. The van der Waals surface area contributed by atoms with Crippen molar-refractivity contribution in [2.45, 2.75) is 44.4 Å². The number of hydrogen-bond acceptors (Lipinski definition) is 1. The summed E-state index contributed by atoms with van der Waals surface area (Å²) in [6.45, 7) is 8.60. The van der Waals surface area contributed by atoms with Crippen molar-refractivity contribution < 1.29 is 4.79 Å². The fraction of sp³-hybridized carbons (Fsp3) is 0.562. The van der Waals surface area contributed by atoms with E-state index < -0.39 is 5.41 Å². The summed E-state index contributed by atoms with van der Waals surface area (Å²) in [6.07, 6.45) is 1.26. The Bertz CT molecular complexity index is 562. The van der Waals surface area contributed by atoms with Crippen molar-refractivity contribution in [3.63, 3.8) is 0 Å². The highest BCUT2D eigenvalue weighted by Gasteiger charge is 2.50. The van der Waals surface area contributed by atoms with Crippen LogP contribution < -0.4 is 5.32 Å². The van der Waals surface area contributed by atoms with Gasteiger partial charge in [-0.15, -0.1) is 0 Å². The third-order valence-corrected chi connectivity index (χ3v) is 5.96. The number of alkyl halides is 1. The molecular weight excluding hydrogens is 302 g/mol. The van der Waals surface area contributed by atoms with E-state index in [2.05, 4.69) is 47.2 Å². The molecule has 1 aromatic carbocycles. The van der Waals surface area contributed by atoms with Crippen LogP contribution in [-0.4, -0.2) is 5.91 Å². The van der Waals surface area contributed by atoms with Crippen molar-refractivity contribution in [1.29, 1.82) is 0 Å². The van der Waals surface area contributed by atoms with Crippen LogP contribution in [0.3, 0.4) is 0 Å². The maximum atomic E-state index is 12.0. The third kappa shape index (κ3) is 1.94. The average molecular weight is 322 g/mol. The summed E-state index contributed by atoms with van der Waals surface area (Å²) in [5.41, 5.74) is 3.40. The lowest BCUT2D eigenvalue weighted by atomic mass is 9.85. The van der Waals surface area contributed by atoms with Crippen LogP contribution in [0, 0.1) is 11.3 Å². The molecule has 1 heterocycles. The zero-order chi connectivity index (χ0) is 14.0. The van der Waals surface area contributed by atoms with Crippen molar-refractivity contribution >= 4 is 27.5 Å².